The van der Waals surface area contributed by atoms with Crippen LogP contribution in [0.25, 0.3) is 0 Å². The highest BCUT2D eigenvalue weighted by molar-refractivity contribution is 5.87. The molecule has 78 valence electrons. The van der Waals surface area contributed by atoms with Gasteiger partial charge in [0.25, 0.3) is 0 Å². The number of quaternary nitrogens is 1. The molecule has 0 aromatic rings. The first-order valence-corrected chi connectivity index (χ1v) is 4.10. The number of carbonyl (C=O) groups is 1. The third-order valence-electron chi connectivity index (χ3n) is 1.20. The second-order valence-electron chi connectivity index (χ2n) is 3.62. The lowest BCUT2D eigenvalue weighted by atomic mass is 10.2. The molecule has 0 spiro atoms. The van der Waals surface area contributed by atoms with Gasteiger partial charge in [-0.1, -0.05) is 19.9 Å². The Labute approximate surface area is 86.3 Å². The Morgan fingerprint density at radius 1 is 1.38 bits per heavy atom. The maximum absolute atomic E-state index is 11.2. The molecule has 0 fully saturated rings. The lowest BCUT2D eigenvalue weighted by molar-refractivity contribution is -1.04. The zero-order chi connectivity index (χ0) is 9.78. The Bertz CT molecular complexity index is 185. The van der Waals surface area contributed by atoms with Gasteiger partial charge in [0.05, 0.1) is 0 Å². The molecule has 0 amide bonds. The lowest BCUT2D eigenvalue weighted by Gasteiger charge is -2.20. The SMILES string of the molecule is C=C(CCC)C(=O)O[N+](C)(C)C.[Cl-]. The normalized spacial score (nSPS) is 10.2. The van der Waals surface area contributed by atoms with Crippen molar-refractivity contribution in [3.63, 3.8) is 0 Å². The molecular weight excluding hydrogens is 190 g/mol. The number of nitrogens with zero attached hydrogens (tertiary/aromatic N) is 1. The highest BCUT2D eigenvalue weighted by Gasteiger charge is 2.17. The van der Waals surface area contributed by atoms with Crippen molar-refractivity contribution in [1.82, 2.24) is 0 Å². The first-order chi connectivity index (χ1) is 5.37. The van der Waals surface area contributed by atoms with Gasteiger partial charge in [0.2, 0.25) is 0 Å². The van der Waals surface area contributed by atoms with Gasteiger partial charge >= 0.3 is 5.97 Å². The maximum atomic E-state index is 11.2. The molecule has 13 heavy (non-hydrogen) atoms. The van der Waals surface area contributed by atoms with E-state index in [1.807, 2.05) is 6.92 Å². The fourth-order valence-electron chi connectivity index (χ4n) is 0.717. The van der Waals surface area contributed by atoms with E-state index in [4.69, 9.17) is 4.84 Å². The van der Waals surface area contributed by atoms with E-state index < -0.39 is 0 Å². The molecule has 0 aliphatic heterocycles. The number of halogens is 1. The summed E-state index contributed by atoms with van der Waals surface area (Å²) in [7, 11) is 5.37. The topological polar surface area (TPSA) is 26.3 Å². The van der Waals surface area contributed by atoms with Crippen LogP contribution in [0.4, 0.5) is 0 Å². The van der Waals surface area contributed by atoms with Crippen molar-refractivity contribution in [1.29, 1.82) is 0 Å². The highest BCUT2D eigenvalue weighted by Crippen LogP contribution is 2.06. The standard InChI is InChI=1S/C9H18NO2.ClH/c1-6-7-8(2)9(11)12-10(3,4)5;/h2,6-7H2,1,3-5H3;1H/q+1;/p-1. The van der Waals surface area contributed by atoms with Crippen molar-refractivity contribution in [2.75, 3.05) is 21.1 Å². The number of hydroxylamine groups is 3. The van der Waals surface area contributed by atoms with Crippen LogP contribution in [0.1, 0.15) is 19.8 Å². The molecule has 3 nitrogen and oxygen atoms in total. The fourth-order valence-corrected chi connectivity index (χ4v) is 0.717. The molecule has 0 heterocycles. The molecule has 0 unspecified atom stereocenters. The molecule has 0 rings (SSSR count). The average Bonchev–Trinajstić information content (AvgIpc) is 1.84. The summed E-state index contributed by atoms with van der Waals surface area (Å²) in [5, 5.41) is 0. The van der Waals surface area contributed by atoms with Crippen LogP contribution in [0, 0.1) is 0 Å². The number of hydrogen-bond acceptors (Lipinski definition) is 2. The summed E-state index contributed by atoms with van der Waals surface area (Å²) in [6, 6.07) is 0. The van der Waals surface area contributed by atoms with Gasteiger partial charge in [-0.25, -0.2) is 4.79 Å². The minimum Gasteiger partial charge on any atom is -1.00 e. The van der Waals surface area contributed by atoms with Gasteiger partial charge in [-0.05, 0) is 6.42 Å². The first kappa shape index (κ1) is 15.0. The van der Waals surface area contributed by atoms with Crippen LogP contribution in [0.3, 0.4) is 0 Å². The van der Waals surface area contributed by atoms with Crippen LogP contribution in [-0.4, -0.2) is 31.8 Å². The van der Waals surface area contributed by atoms with Crippen LogP contribution in [0.2, 0.25) is 0 Å². The van der Waals surface area contributed by atoms with Gasteiger partial charge in [-0.3, -0.25) is 4.84 Å². The van der Waals surface area contributed by atoms with E-state index in [1.165, 1.54) is 0 Å². The van der Waals surface area contributed by atoms with Crippen LogP contribution in [0.15, 0.2) is 12.2 Å². The molecule has 0 saturated carbocycles. The van der Waals surface area contributed by atoms with Crippen molar-refractivity contribution >= 4 is 5.97 Å². The zero-order valence-corrected chi connectivity index (χ0v) is 9.52. The lowest BCUT2D eigenvalue weighted by Crippen LogP contribution is -3.00. The Balaban J connectivity index is 0. The zero-order valence-electron chi connectivity index (χ0n) is 8.76. The molecule has 0 bridgehead atoms. The number of carbonyl (C=O) groups excluding carboxylic acids is 1. The van der Waals surface area contributed by atoms with Crippen LogP contribution in [-0.2, 0) is 9.63 Å². The van der Waals surface area contributed by atoms with E-state index in [0.29, 0.717) is 12.0 Å². The minimum absolute atomic E-state index is 0. The number of rotatable bonds is 4. The fraction of sp³-hybridized carbons (Fsp3) is 0.667. The second-order valence-corrected chi connectivity index (χ2v) is 3.62. The van der Waals surface area contributed by atoms with Gasteiger partial charge < -0.3 is 12.4 Å². The molecule has 0 aromatic carbocycles. The van der Waals surface area contributed by atoms with E-state index in [9.17, 15) is 4.79 Å². The van der Waals surface area contributed by atoms with E-state index in [1.54, 1.807) is 21.1 Å². The van der Waals surface area contributed by atoms with Gasteiger partial charge in [-0.15, -0.1) is 4.65 Å². The predicted octanol–water partition coefficient (Wildman–Crippen LogP) is -1.49. The quantitative estimate of drug-likeness (QED) is 0.319. The molecule has 0 aromatic heterocycles. The summed E-state index contributed by atoms with van der Waals surface area (Å²) >= 11 is 0. The molecule has 0 atom stereocenters. The number of hydrogen-bond donors (Lipinski definition) is 0. The third-order valence-corrected chi connectivity index (χ3v) is 1.20. The predicted molar refractivity (Wildman–Crippen MR) is 48.2 cm³/mol. The first-order valence-electron chi connectivity index (χ1n) is 4.10. The molecule has 0 N–H and O–H groups in total. The smallest absolute Gasteiger partial charge is 0.392 e. The summed E-state index contributed by atoms with van der Waals surface area (Å²) in [6.07, 6.45) is 1.63. The van der Waals surface area contributed by atoms with Crippen molar-refractivity contribution in [3.8, 4) is 0 Å². The Morgan fingerprint density at radius 2 is 1.85 bits per heavy atom. The average molecular weight is 208 g/mol. The van der Waals surface area contributed by atoms with E-state index in [0.717, 1.165) is 6.42 Å². The van der Waals surface area contributed by atoms with Gasteiger partial charge in [0, 0.05) is 5.57 Å². The minimum atomic E-state index is -0.302. The van der Waals surface area contributed by atoms with Gasteiger partial charge in [-0.2, -0.15) is 0 Å². The van der Waals surface area contributed by atoms with Crippen molar-refractivity contribution < 1.29 is 26.7 Å². The Morgan fingerprint density at radius 3 is 2.15 bits per heavy atom. The summed E-state index contributed by atoms with van der Waals surface area (Å²) in [6.45, 7) is 5.65. The Hall–Kier alpha value is -0.540. The van der Waals surface area contributed by atoms with Crippen molar-refractivity contribution in [3.05, 3.63) is 12.2 Å². The molecule has 0 aliphatic carbocycles. The van der Waals surface area contributed by atoms with Crippen LogP contribution < -0.4 is 12.4 Å². The van der Waals surface area contributed by atoms with E-state index in [2.05, 4.69) is 6.58 Å². The second kappa shape index (κ2) is 6.00. The summed E-state index contributed by atoms with van der Waals surface area (Å²) < 4.78 is 0.182. The van der Waals surface area contributed by atoms with Gasteiger partial charge in [0.15, 0.2) is 0 Å². The van der Waals surface area contributed by atoms with E-state index in [-0.39, 0.29) is 23.0 Å². The summed E-state index contributed by atoms with van der Waals surface area (Å²) in [5.41, 5.74) is 0.547. The van der Waals surface area contributed by atoms with Crippen molar-refractivity contribution in [2.24, 2.45) is 0 Å². The molecule has 0 radical (unpaired) electrons. The van der Waals surface area contributed by atoms with Crippen molar-refractivity contribution in [2.45, 2.75) is 19.8 Å². The van der Waals surface area contributed by atoms with E-state index >= 15 is 0 Å². The van der Waals surface area contributed by atoms with Gasteiger partial charge in [0.1, 0.15) is 21.1 Å². The Kier molecular flexibility index (Phi) is 6.90. The highest BCUT2D eigenvalue weighted by atomic mass is 35.5. The largest absolute Gasteiger partial charge is 1.00 e. The molecule has 4 heteroatoms. The van der Waals surface area contributed by atoms with Crippen LogP contribution in [0.5, 0.6) is 0 Å². The summed E-state index contributed by atoms with van der Waals surface area (Å²) in [4.78, 5) is 16.3. The molecular formula is C9H18ClNO2. The van der Waals surface area contributed by atoms with Crippen LogP contribution >= 0.6 is 0 Å². The molecule has 0 aliphatic rings. The summed E-state index contributed by atoms with van der Waals surface area (Å²) in [5.74, 6) is -0.302. The third kappa shape index (κ3) is 7.81. The molecule has 0 saturated heterocycles. The monoisotopic (exact) mass is 207 g/mol. The maximum Gasteiger partial charge on any atom is 0.392 e.